The number of aromatic amines is 3. The number of hydrogen-bond acceptors (Lipinski definition) is 5. The average Bonchev–Trinajstić information content (AvgIpc) is 3.62. The van der Waals surface area contributed by atoms with E-state index in [4.69, 9.17) is 5.73 Å². The number of aryl methyl sites for hydroxylation is 1. The Kier molecular flexibility index (Phi) is 7.62. The van der Waals surface area contributed by atoms with E-state index in [0.717, 1.165) is 59.0 Å². The molecular weight excluding hydrogens is 530 g/mol. The van der Waals surface area contributed by atoms with Gasteiger partial charge in [0.25, 0.3) is 5.56 Å². The maximum atomic E-state index is 13.6. The highest BCUT2D eigenvalue weighted by atomic mass is 16.2. The van der Waals surface area contributed by atoms with Crippen molar-refractivity contribution in [1.29, 1.82) is 0 Å². The Morgan fingerprint density at radius 2 is 1.79 bits per heavy atom. The van der Waals surface area contributed by atoms with E-state index in [1.54, 1.807) is 24.5 Å². The number of nitrogens with zero attached hydrogens (tertiary/aromatic N) is 1. The first-order valence-electron chi connectivity index (χ1n) is 14.4. The van der Waals surface area contributed by atoms with E-state index in [0.29, 0.717) is 35.5 Å². The molecule has 42 heavy (non-hydrogen) atoms. The lowest BCUT2D eigenvalue weighted by Gasteiger charge is -2.28. The SMILES string of the molecule is Cc1cc2nc[nH]c2cc1-c1ccc(C[C@H](NC(=O)[C@H]2CC[C@H](CN)CC2)C(=O)Nc2ccc3c(=O)[nH][nH]c3c2)cc1. The molecule has 10 nitrogen and oxygen atoms in total. The van der Waals surface area contributed by atoms with Gasteiger partial charge in [-0.05, 0) is 97.7 Å². The quantitative estimate of drug-likeness (QED) is 0.166. The van der Waals surface area contributed by atoms with E-state index >= 15 is 0 Å². The number of aromatic nitrogens is 4. The molecule has 1 aliphatic rings. The van der Waals surface area contributed by atoms with Crippen LogP contribution in [0, 0.1) is 18.8 Å². The molecule has 0 bridgehead atoms. The second-order valence-corrected chi connectivity index (χ2v) is 11.3. The van der Waals surface area contributed by atoms with Gasteiger partial charge in [0.1, 0.15) is 6.04 Å². The van der Waals surface area contributed by atoms with Crippen molar-refractivity contribution in [3.63, 3.8) is 0 Å². The van der Waals surface area contributed by atoms with Gasteiger partial charge in [-0.15, -0.1) is 0 Å². The zero-order valence-electron chi connectivity index (χ0n) is 23.5. The highest BCUT2D eigenvalue weighted by Gasteiger charge is 2.29. The Morgan fingerprint density at radius 1 is 1.00 bits per heavy atom. The summed E-state index contributed by atoms with van der Waals surface area (Å²) in [5.41, 5.74) is 12.9. The highest BCUT2D eigenvalue weighted by Crippen LogP contribution is 2.29. The van der Waals surface area contributed by atoms with Crippen LogP contribution in [0.3, 0.4) is 0 Å². The number of benzene rings is 3. The number of amides is 2. The summed E-state index contributed by atoms with van der Waals surface area (Å²) in [4.78, 5) is 46.3. The predicted octanol–water partition coefficient (Wildman–Crippen LogP) is 4.14. The van der Waals surface area contributed by atoms with Gasteiger partial charge >= 0.3 is 0 Å². The third-order valence-corrected chi connectivity index (χ3v) is 8.50. The molecule has 1 aliphatic carbocycles. The Labute approximate surface area is 242 Å². The van der Waals surface area contributed by atoms with Crippen LogP contribution in [0.4, 0.5) is 5.69 Å². The van der Waals surface area contributed by atoms with Crippen LogP contribution >= 0.6 is 0 Å². The summed E-state index contributed by atoms with van der Waals surface area (Å²) in [5, 5.41) is 11.8. The fourth-order valence-corrected chi connectivity index (χ4v) is 5.96. The first-order valence-corrected chi connectivity index (χ1v) is 14.4. The number of carbonyl (C=O) groups excluding carboxylic acids is 2. The van der Waals surface area contributed by atoms with Crippen LogP contribution < -0.4 is 21.9 Å². The topological polar surface area (TPSA) is 162 Å². The zero-order chi connectivity index (χ0) is 29.2. The van der Waals surface area contributed by atoms with Gasteiger partial charge in [-0.3, -0.25) is 24.6 Å². The van der Waals surface area contributed by atoms with Crippen LogP contribution in [-0.2, 0) is 16.0 Å². The molecule has 5 aromatic rings. The Balaban J connectivity index is 1.21. The standard InChI is InChI=1S/C32H35N7O3/c1-18-12-27-28(35-17-34-27)15-25(18)21-6-2-19(3-7-21)13-29(37-30(40)22-8-4-20(16-33)5-9-22)32(42)36-23-10-11-24-26(14-23)38-39-31(24)41/h2-3,6-7,10-12,14-15,17,20,22,29H,4-5,8-9,13,16,33H2,1H3,(H,34,35)(H,36,42)(H,37,40)(H2,38,39,41)/t20-,22-,29-/m0/s1. The maximum Gasteiger partial charge on any atom is 0.271 e. The molecule has 6 rings (SSSR count). The van der Waals surface area contributed by atoms with Crippen LogP contribution in [0.5, 0.6) is 0 Å². The summed E-state index contributed by atoms with van der Waals surface area (Å²) in [7, 11) is 0. The molecule has 0 aliphatic heterocycles. The molecule has 2 aromatic heterocycles. The minimum Gasteiger partial charge on any atom is -0.345 e. The van der Waals surface area contributed by atoms with Crippen molar-refractivity contribution in [2.24, 2.45) is 17.6 Å². The largest absolute Gasteiger partial charge is 0.345 e. The summed E-state index contributed by atoms with van der Waals surface area (Å²) >= 11 is 0. The summed E-state index contributed by atoms with van der Waals surface area (Å²) in [5.74, 6) is -0.0943. The van der Waals surface area contributed by atoms with E-state index in [1.165, 1.54) is 0 Å². The Bertz CT molecular complexity index is 1790. The van der Waals surface area contributed by atoms with Gasteiger partial charge < -0.3 is 21.4 Å². The minimum absolute atomic E-state index is 0.101. The van der Waals surface area contributed by atoms with Crippen LogP contribution in [0.1, 0.15) is 36.8 Å². The Morgan fingerprint density at radius 3 is 2.55 bits per heavy atom. The molecule has 1 atom stereocenters. The molecule has 216 valence electrons. The lowest BCUT2D eigenvalue weighted by Crippen LogP contribution is -2.48. The van der Waals surface area contributed by atoms with Crippen molar-refractivity contribution >= 4 is 39.4 Å². The number of rotatable bonds is 8. The van der Waals surface area contributed by atoms with Crippen molar-refractivity contribution in [2.45, 2.75) is 45.1 Å². The molecule has 2 amide bonds. The van der Waals surface area contributed by atoms with E-state index in [1.807, 2.05) is 24.3 Å². The summed E-state index contributed by atoms with van der Waals surface area (Å²) in [6, 6.07) is 16.5. The monoisotopic (exact) mass is 565 g/mol. The maximum absolute atomic E-state index is 13.6. The zero-order valence-corrected chi connectivity index (χ0v) is 23.5. The Hall–Kier alpha value is -4.70. The predicted molar refractivity (Wildman–Crippen MR) is 164 cm³/mol. The smallest absolute Gasteiger partial charge is 0.271 e. The van der Waals surface area contributed by atoms with Gasteiger partial charge in [-0.1, -0.05) is 24.3 Å². The fourth-order valence-electron chi connectivity index (χ4n) is 5.96. The number of anilines is 1. The molecule has 0 radical (unpaired) electrons. The number of hydrogen-bond donors (Lipinski definition) is 6. The third-order valence-electron chi connectivity index (χ3n) is 8.50. The molecule has 0 saturated heterocycles. The normalized spacial score (nSPS) is 17.8. The van der Waals surface area contributed by atoms with Gasteiger partial charge in [-0.2, -0.15) is 0 Å². The summed E-state index contributed by atoms with van der Waals surface area (Å²) < 4.78 is 0. The molecule has 2 heterocycles. The minimum atomic E-state index is -0.778. The van der Waals surface area contributed by atoms with Crippen molar-refractivity contribution in [3.05, 3.63) is 82.4 Å². The summed E-state index contributed by atoms with van der Waals surface area (Å²) in [6.07, 6.45) is 5.41. The lowest BCUT2D eigenvalue weighted by molar-refractivity contribution is -0.130. The number of nitrogens with one attached hydrogen (secondary N) is 5. The molecule has 7 N–H and O–H groups in total. The highest BCUT2D eigenvalue weighted by molar-refractivity contribution is 5.99. The molecule has 1 fully saturated rings. The number of fused-ring (bicyclic) bond motifs is 2. The number of carbonyl (C=O) groups is 2. The molecule has 3 aromatic carbocycles. The van der Waals surface area contributed by atoms with Crippen molar-refractivity contribution < 1.29 is 9.59 Å². The van der Waals surface area contributed by atoms with Gasteiger partial charge in [0.15, 0.2) is 0 Å². The molecule has 1 saturated carbocycles. The molecule has 0 spiro atoms. The van der Waals surface area contributed by atoms with Crippen molar-refractivity contribution in [1.82, 2.24) is 25.5 Å². The summed E-state index contributed by atoms with van der Waals surface area (Å²) in [6.45, 7) is 2.70. The first-order chi connectivity index (χ1) is 20.4. The van der Waals surface area contributed by atoms with Gasteiger partial charge in [0.2, 0.25) is 11.8 Å². The van der Waals surface area contributed by atoms with E-state index in [-0.39, 0.29) is 23.3 Å². The van der Waals surface area contributed by atoms with Crippen LogP contribution in [0.2, 0.25) is 0 Å². The van der Waals surface area contributed by atoms with E-state index < -0.39 is 6.04 Å². The molecular formula is C32H35N7O3. The van der Waals surface area contributed by atoms with Crippen LogP contribution in [-0.4, -0.2) is 44.6 Å². The number of nitrogens with two attached hydrogens (primary N) is 1. The lowest BCUT2D eigenvalue weighted by atomic mass is 9.81. The second-order valence-electron chi connectivity index (χ2n) is 11.3. The van der Waals surface area contributed by atoms with Crippen LogP contribution in [0.15, 0.2) is 65.7 Å². The van der Waals surface area contributed by atoms with Gasteiger partial charge in [0.05, 0.1) is 28.3 Å². The van der Waals surface area contributed by atoms with Crippen molar-refractivity contribution in [3.8, 4) is 11.1 Å². The molecule has 10 heteroatoms. The number of H-pyrrole nitrogens is 3. The first kappa shape index (κ1) is 27.5. The van der Waals surface area contributed by atoms with Crippen molar-refractivity contribution in [2.75, 3.05) is 11.9 Å². The fraction of sp³-hybridized carbons (Fsp3) is 0.312. The van der Waals surface area contributed by atoms with Gasteiger partial charge in [0, 0.05) is 18.0 Å². The number of imidazole rings is 1. The average molecular weight is 566 g/mol. The third kappa shape index (κ3) is 5.71. The van der Waals surface area contributed by atoms with Gasteiger partial charge in [-0.25, -0.2) is 4.98 Å². The second kappa shape index (κ2) is 11.7. The van der Waals surface area contributed by atoms with E-state index in [9.17, 15) is 14.4 Å². The van der Waals surface area contributed by atoms with E-state index in [2.05, 4.69) is 49.9 Å². The van der Waals surface area contributed by atoms with Crippen LogP contribution in [0.25, 0.3) is 33.1 Å². The molecule has 0 unspecified atom stereocenters.